The molecule has 1 aromatic carbocycles. The summed E-state index contributed by atoms with van der Waals surface area (Å²) in [5.41, 5.74) is 10.8. The molecule has 1 atom stereocenters. The Morgan fingerprint density at radius 3 is 2.91 bits per heavy atom. The highest BCUT2D eigenvalue weighted by molar-refractivity contribution is 7.99. The van der Waals surface area contributed by atoms with Crippen LogP contribution in [0, 0.1) is 0 Å². The normalized spacial score (nSPS) is 16.0. The summed E-state index contributed by atoms with van der Waals surface area (Å²) in [6.45, 7) is 2.12. The number of nitrogens with zero attached hydrogens (tertiary/aromatic N) is 3. The van der Waals surface area contributed by atoms with E-state index < -0.39 is 5.91 Å². The molecule has 1 amide bonds. The summed E-state index contributed by atoms with van der Waals surface area (Å²) in [6, 6.07) is 8.24. The molecule has 2 aromatic heterocycles. The Balaban J connectivity index is 1.90. The molecule has 0 bridgehead atoms. The van der Waals surface area contributed by atoms with Crippen molar-refractivity contribution in [3.05, 3.63) is 41.7 Å². The molecular formula is C16H15N5OS. The highest BCUT2D eigenvalue weighted by atomic mass is 32.2. The number of hydrogen-bond donors (Lipinski definition) is 2. The first-order valence-corrected chi connectivity index (χ1v) is 8.11. The van der Waals surface area contributed by atoms with Gasteiger partial charge in [-0.15, -0.1) is 11.8 Å². The van der Waals surface area contributed by atoms with Crippen molar-refractivity contribution >= 4 is 17.7 Å². The fourth-order valence-corrected chi connectivity index (χ4v) is 4.10. The molecule has 3 N–H and O–H groups in total. The van der Waals surface area contributed by atoms with Crippen LogP contribution < -0.4 is 5.73 Å². The predicted molar refractivity (Wildman–Crippen MR) is 89.0 cm³/mol. The van der Waals surface area contributed by atoms with E-state index in [2.05, 4.69) is 40.4 Å². The second-order valence-corrected chi connectivity index (χ2v) is 6.93. The van der Waals surface area contributed by atoms with E-state index in [0.29, 0.717) is 5.69 Å². The highest BCUT2D eigenvalue weighted by Gasteiger charge is 2.29. The molecule has 0 aliphatic carbocycles. The van der Waals surface area contributed by atoms with Gasteiger partial charge < -0.3 is 5.73 Å². The fraction of sp³-hybridized carbons (Fsp3) is 0.188. The monoisotopic (exact) mass is 325 g/mol. The maximum atomic E-state index is 11.6. The lowest BCUT2D eigenvalue weighted by atomic mass is 9.97. The lowest BCUT2D eigenvalue weighted by Crippen LogP contribution is -2.13. The van der Waals surface area contributed by atoms with E-state index in [1.807, 2.05) is 19.3 Å². The number of H-pyrrole nitrogens is 1. The molecule has 1 aliphatic heterocycles. The van der Waals surface area contributed by atoms with E-state index in [9.17, 15) is 4.79 Å². The van der Waals surface area contributed by atoms with Gasteiger partial charge in [0.15, 0.2) is 0 Å². The lowest BCUT2D eigenvalue weighted by Gasteiger charge is -2.22. The largest absolute Gasteiger partial charge is 0.364 e. The van der Waals surface area contributed by atoms with Crippen molar-refractivity contribution < 1.29 is 4.79 Å². The van der Waals surface area contributed by atoms with E-state index >= 15 is 0 Å². The molecule has 3 aromatic rings. The lowest BCUT2D eigenvalue weighted by molar-refractivity contribution is 0.0993. The number of nitrogens with one attached hydrogen (secondary N) is 1. The summed E-state index contributed by atoms with van der Waals surface area (Å²) >= 11 is 1.61. The van der Waals surface area contributed by atoms with Gasteiger partial charge in [-0.1, -0.05) is 12.1 Å². The second-order valence-electron chi connectivity index (χ2n) is 5.58. The van der Waals surface area contributed by atoms with E-state index in [4.69, 9.17) is 5.73 Å². The molecule has 0 spiro atoms. The van der Waals surface area contributed by atoms with Gasteiger partial charge in [-0.05, 0) is 24.6 Å². The molecule has 0 fully saturated rings. The fourth-order valence-electron chi connectivity index (χ4n) is 2.88. The van der Waals surface area contributed by atoms with Crippen molar-refractivity contribution in [2.45, 2.75) is 17.1 Å². The second kappa shape index (κ2) is 4.99. The van der Waals surface area contributed by atoms with Gasteiger partial charge in [-0.2, -0.15) is 10.2 Å². The Labute approximate surface area is 137 Å². The van der Waals surface area contributed by atoms with E-state index in [1.54, 1.807) is 16.4 Å². The van der Waals surface area contributed by atoms with Crippen molar-refractivity contribution in [3.63, 3.8) is 0 Å². The molecule has 3 heterocycles. The van der Waals surface area contributed by atoms with E-state index in [1.165, 1.54) is 5.56 Å². The maximum Gasteiger partial charge on any atom is 0.267 e. The summed E-state index contributed by atoms with van der Waals surface area (Å²) < 4.78 is 1.78. The van der Waals surface area contributed by atoms with Crippen molar-refractivity contribution in [1.29, 1.82) is 0 Å². The number of benzene rings is 1. The van der Waals surface area contributed by atoms with Crippen LogP contribution in [-0.4, -0.2) is 25.9 Å². The molecule has 1 unspecified atom stereocenters. The van der Waals surface area contributed by atoms with Crippen LogP contribution in [0.2, 0.25) is 0 Å². The van der Waals surface area contributed by atoms with Gasteiger partial charge >= 0.3 is 0 Å². The van der Waals surface area contributed by atoms with E-state index in [-0.39, 0.29) is 5.25 Å². The minimum absolute atomic E-state index is 0.228. The van der Waals surface area contributed by atoms with Crippen LogP contribution in [0.15, 0.2) is 35.4 Å². The molecule has 116 valence electrons. The van der Waals surface area contributed by atoms with Crippen molar-refractivity contribution in [1.82, 2.24) is 20.0 Å². The Bertz CT molecular complexity index is 926. The average molecular weight is 325 g/mol. The van der Waals surface area contributed by atoms with Crippen molar-refractivity contribution in [2.75, 3.05) is 0 Å². The molecule has 0 saturated carbocycles. The number of carbonyl (C=O) groups is 1. The smallest absolute Gasteiger partial charge is 0.267 e. The number of nitrogens with two attached hydrogens (primary N) is 1. The van der Waals surface area contributed by atoms with Gasteiger partial charge in [0.05, 0.1) is 10.6 Å². The van der Waals surface area contributed by atoms with Crippen LogP contribution in [0.25, 0.3) is 22.5 Å². The number of aromatic amines is 1. The van der Waals surface area contributed by atoms with Crippen molar-refractivity contribution in [3.8, 4) is 22.5 Å². The molecule has 1 aliphatic rings. The summed E-state index contributed by atoms with van der Waals surface area (Å²) in [7, 11) is 1.89. The first-order chi connectivity index (χ1) is 11.0. The number of aryl methyl sites for hydroxylation is 1. The minimum atomic E-state index is -0.484. The summed E-state index contributed by atoms with van der Waals surface area (Å²) in [5.74, 6) is -0.484. The molecular weight excluding hydrogens is 310 g/mol. The number of amides is 1. The van der Waals surface area contributed by atoms with Gasteiger partial charge in [-0.25, -0.2) is 0 Å². The first kappa shape index (κ1) is 14.1. The number of carbonyl (C=O) groups excluding carboxylic acids is 1. The molecule has 4 rings (SSSR count). The standard InChI is InChI=1S/C16H15N5OS/c1-8-10-4-3-9(12-5-6-21(2)20-12)7-11(10)13-15(23-8)14(16(17)22)19-18-13/h3-8H,1-2H3,(H2,17,22)(H,18,19). The number of fused-ring (bicyclic) bond motifs is 3. The minimum Gasteiger partial charge on any atom is -0.364 e. The summed E-state index contributed by atoms with van der Waals surface area (Å²) in [4.78, 5) is 12.4. The van der Waals surface area contributed by atoms with Crippen LogP contribution in [0.5, 0.6) is 0 Å². The van der Waals surface area contributed by atoms with Gasteiger partial charge in [0.2, 0.25) is 0 Å². The van der Waals surface area contributed by atoms with Crippen LogP contribution in [0.1, 0.15) is 28.2 Å². The van der Waals surface area contributed by atoms with Crippen LogP contribution in [0.3, 0.4) is 0 Å². The highest BCUT2D eigenvalue weighted by Crippen LogP contribution is 2.49. The number of aromatic nitrogens is 4. The Hall–Kier alpha value is -2.54. The average Bonchev–Trinajstić information content (AvgIpc) is 3.13. The van der Waals surface area contributed by atoms with E-state index in [0.717, 1.165) is 27.4 Å². The summed E-state index contributed by atoms with van der Waals surface area (Å²) in [6.07, 6.45) is 1.92. The van der Waals surface area contributed by atoms with Gasteiger partial charge in [0.1, 0.15) is 11.4 Å². The van der Waals surface area contributed by atoms with Crippen LogP contribution in [0.4, 0.5) is 0 Å². The van der Waals surface area contributed by atoms with Crippen molar-refractivity contribution in [2.24, 2.45) is 12.8 Å². The van der Waals surface area contributed by atoms with Gasteiger partial charge in [0.25, 0.3) is 5.91 Å². The zero-order valence-corrected chi connectivity index (χ0v) is 13.5. The molecule has 23 heavy (non-hydrogen) atoms. The number of primary amides is 1. The molecule has 7 heteroatoms. The third-order valence-corrected chi connectivity index (χ3v) is 5.26. The molecule has 0 radical (unpaired) electrons. The topological polar surface area (TPSA) is 89.6 Å². The van der Waals surface area contributed by atoms with Gasteiger partial charge in [-0.3, -0.25) is 14.6 Å². The maximum absolute atomic E-state index is 11.6. The van der Waals surface area contributed by atoms with Gasteiger partial charge in [0, 0.05) is 29.6 Å². The SMILES string of the molecule is CC1Sc2c(n[nH]c2C(N)=O)-c2cc(-c3ccn(C)n3)ccc21. The van der Waals surface area contributed by atoms with Crippen LogP contribution >= 0.6 is 11.8 Å². The summed E-state index contributed by atoms with van der Waals surface area (Å²) in [5, 5.41) is 11.8. The predicted octanol–water partition coefficient (Wildman–Crippen LogP) is 2.74. The number of hydrogen-bond acceptors (Lipinski definition) is 4. The Morgan fingerprint density at radius 1 is 1.39 bits per heavy atom. The number of rotatable bonds is 2. The Kier molecular flexibility index (Phi) is 3.05. The molecule has 0 saturated heterocycles. The molecule has 6 nitrogen and oxygen atoms in total. The third-order valence-electron chi connectivity index (χ3n) is 4.02. The van der Waals surface area contributed by atoms with Crippen LogP contribution in [-0.2, 0) is 7.05 Å². The quantitative estimate of drug-likeness (QED) is 0.758. The zero-order chi connectivity index (χ0) is 16.1. The Morgan fingerprint density at radius 2 is 2.22 bits per heavy atom. The first-order valence-electron chi connectivity index (χ1n) is 7.23. The number of thioether (sulfide) groups is 1. The third kappa shape index (κ3) is 2.16. The zero-order valence-electron chi connectivity index (χ0n) is 12.7.